The van der Waals surface area contributed by atoms with Crippen molar-refractivity contribution in [2.75, 3.05) is 6.54 Å². The first kappa shape index (κ1) is 21.2. The van der Waals surface area contributed by atoms with E-state index >= 15 is 0 Å². The van der Waals surface area contributed by atoms with Crippen molar-refractivity contribution < 1.29 is 4.79 Å². The molecule has 1 N–H and O–H groups in total. The summed E-state index contributed by atoms with van der Waals surface area (Å²) >= 11 is 0. The quantitative estimate of drug-likeness (QED) is 0.468. The smallest absolute Gasteiger partial charge is 0.267 e. The third kappa shape index (κ3) is 5.35. The molecular formula is C26H24N4O2. The van der Waals surface area contributed by atoms with E-state index in [0.29, 0.717) is 12.2 Å². The minimum absolute atomic E-state index is 0.131. The van der Waals surface area contributed by atoms with Crippen molar-refractivity contribution in [3.63, 3.8) is 0 Å². The summed E-state index contributed by atoms with van der Waals surface area (Å²) in [5, 5.41) is 7.26. The molecule has 0 bridgehead atoms. The number of hydrogen-bond acceptors (Lipinski definition) is 4. The molecule has 0 aliphatic rings. The highest BCUT2D eigenvalue weighted by Crippen LogP contribution is 2.27. The number of nitrogens with zero attached hydrogens (tertiary/aromatic N) is 3. The van der Waals surface area contributed by atoms with Crippen molar-refractivity contribution in [2.24, 2.45) is 0 Å². The van der Waals surface area contributed by atoms with Gasteiger partial charge in [0.05, 0.1) is 5.69 Å². The molecule has 0 saturated heterocycles. The molecule has 0 aliphatic heterocycles. The maximum atomic E-state index is 12.5. The van der Waals surface area contributed by atoms with E-state index in [1.807, 2.05) is 42.5 Å². The van der Waals surface area contributed by atoms with Gasteiger partial charge in [0.25, 0.3) is 5.56 Å². The van der Waals surface area contributed by atoms with Crippen molar-refractivity contribution >= 4 is 5.91 Å². The largest absolute Gasteiger partial charge is 0.354 e. The second-order valence-electron chi connectivity index (χ2n) is 7.47. The minimum atomic E-state index is -0.320. The predicted molar refractivity (Wildman–Crippen MR) is 124 cm³/mol. The number of carbonyl (C=O) groups excluding carboxylic acids is 1. The van der Waals surface area contributed by atoms with Crippen LogP contribution in [-0.4, -0.2) is 27.2 Å². The minimum Gasteiger partial charge on any atom is -0.354 e. The lowest BCUT2D eigenvalue weighted by atomic mass is 9.88. The molecule has 0 aliphatic carbocycles. The predicted octanol–water partition coefficient (Wildman–Crippen LogP) is 3.64. The number of pyridine rings is 1. The number of amides is 1. The molecule has 1 amide bonds. The van der Waals surface area contributed by atoms with Gasteiger partial charge in [0.15, 0.2) is 0 Å². The van der Waals surface area contributed by atoms with E-state index in [-0.39, 0.29) is 23.9 Å². The van der Waals surface area contributed by atoms with Crippen molar-refractivity contribution in [1.82, 2.24) is 20.1 Å². The summed E-state index contributed by atoms with van der Waals surface area (Å²) in [6.45, 7) is 0.360. The monoisotopic (exact) mass is 424 g/mol. The highest BCUT2D eigenvalue weighted by atomic mass is 16.2. The standard InChI is InChI=1S/C26H24N4O2/c31-25(19-30-26(32)14-13-24(29-30)22-12-7-16-27-18-22)28-17-15-23(20-8-3-1-4-9-20)21-10-5-2-6-11-21/h1-14,16,18,23H,15,17,19H2,(H,28,31). The first-order valence-electron chi connectivity index (χ1n) is 10.6. The fraction of sp³-hybridized carbons (Fsp3) is 0.154. The van der Waals surface area contributed by atoms with Gasteiger partial charge in [-0.3, -0.25) is 14.6 Å². The molecule has 2 aromatic carbocycles. The summed E-state index contributed by atoms with van der Waals surface area (Å²) < 4.78 is 1.18. The summed E-state index contributed by atoms with van der Waals surface area (Å²) in [5.74, 6) is -0.0738. The van der Waals surface area contributed by atoms with Crippen LogP contribution in [0.25, 0.3) is 11.3 Å². The van der Waals surface area contributed by atoms with Gasteiger partial charge in [0.1, 0.15) is 6.54 Å². The fourth-order valence-corrected chi connectivity index (χ4v) is 3.67. The molecule has 0 atom stereocenters. The number of rotatable bonds is 8. The zero-order valence-electron chi connectivity index (χ0n) is 17.6. The van der Waals surface area contributed by atoms with Crippen LogP contribution in [0.4, 0.5) is 0 Å². The van der Waals surface area contributed by atoms with Crippen molar-refractivity contribution in [2.45, 2.75) is 18.9 Å². The van der Waals surface area contributed by atoms with Crippen LogP contribution in [0.3, 0.4) is 0 Å². The third-order valence-corrected chi connectivity index (χ3v) is 5.28. The molecule has 4 rings (SSSR count). The molecule has 4 aromatic rings. The second kappa shape index (κ2) is 10.3. The molecule has 6 nitrogen and oxygen atoms in total. The van der Waals surface area contributed by atoms with Crippen LogP contribution in [0.15, 0.2) is 102 Å². The molecule has 0 spiro atoms. The van der Waals surface area contributed by atoms with Crippen LogP contribution in [0, 0.1) is 0 Å². The van der Waals surface area contributed by atoms with Crippen LogP contribution < -0.4 is 10.9 Å². The molecule has 0 unspecified atom stereocenters. The van der Waals surface area contributed by atoms with E-state index in [4.69, 9.17) is 0 Å². The molecule has 0 saturated carbocycles. The summed E-state index contributed by atoms with van der Waals surface area (Å²) in [4.78, 5) is 28.8. The normalized spacial score (nSPS) is 10.8. The van der Waals surface area contributed by atoms with Crippen molar-refractivity contribution in [3.8, 4) is 11.3 Å². The molecule has 2 aromatic heterocycles. The van der Waals surface area contributed by atoms with Gasteiger partial charge in [-0.1, -0.05) is 60.7 Å². The topological polar surface area (TPSA) is 76.9 Å². The Balaban J connectivity index is 1.41. The zero-order valence-corrected chi connectivity index (χ0v) is 17.6. The molecular weight excluding hydrogens is 400 g/mol. The van der Waals surface area contributed by atoms with Crippen LogP contribution in [0.1, 0.15) is 23.5 Å². The summed E-state index contributed by atoms with van der Waals surface area (Å²) in [6.07, 6.45) is 4.09. The van der Waals surface area contributed by atoms with Gasteiger partial charge in [-0.15, -0.1) is 0 Å². The third-order valence-electron chi connectivity index (χ3n) is 5.28. The molecule has 2 heterocycles. The molecule has 0 radical (unpaired) electrons. The van der Waals surface area contributed by atoms with Crippen LogP contribution >= 0.6 is 0 Å². The average molecular weight is 425 g/mol. The average Bonchev–Trinajstić information content (AvgIpc) is 2.85. The number of aromatic nitrogens is 3. The summed E-state index contributed by atoms with van der Waals surface area (Å²) in [6, 6.07) is 27.2. The Hall–Kier alpha value is -4.06. The SMILES string of the molecule is O=C(Cn1nc(-c2cccnc2)ccc1=O)NCCC(c1ccccc1)c1ccccc1. The van der Waals surface area contributed by atoms with E-state index in [0.717, 1.165) is 12.0 Å². The number of benzene rings is 2. The van der Waals surface area contributed by atoms with Gasteiger partial charge in [-0.2, -0.15) is 5.10 Å². The lowest BCUT2D eigenvalue weighted by Gasteiger charge is -2.18. The van der Waals surface area contributed by atoms with Gasteiger partial charge in [-0.05, 0) is 35.7 Å². The van der Waals surface area contributed by atoms with Crippen LogP contribution in [-0.2, 0) is 11.3 Å². The Bertz CT molecular complexity index is 1170. The van der Waals surface area contributed by atoms with Crippen LogP contribution in [0.5, 0.6) is 0 Å². The van der Waals surface area contributed by atoms with Crippen molar-refractivity contribution in [1.29, 1.82) is 0 Å². The van der Waals surface area contributed by atoms with Crippen molar-refractivity contribution in [3.05, 3.63) is 119 Å². The Morgan fingerprint density at radius 3 is 2.19 bits per heavy atom. The lowest BCUT2D eigenvalue weighted by molar-refractivity contribution is -0.121. The number of hydrogen-bond donors (Lipinski definition) is 1. The first-order chi connectivity index (χ1) is 15.7. The van der Waals surface area contributed by atoms with E-state index in [1.54, 1.807) is 24.5 Å². The van der Waals surface area contributed by atoms with E-state index in [2.05, 4.69) is 39.7 Å². The van der Waals surface area contributed by atoms with Gasteiger partial charge in [0.2, 0.25) is 5.91 Å². The second-order valence-corrected chi connectivity index (χ2v) is 7.47. The van der Waals surface area contributed by atoms with Gasteiger partial charge < -0.3 is 5.32 Å². The molecule has 0 fully saturated rings. The zero-order chi connectivity index (χ0) is 22.2. The van der Waals surface area contributed by atoms with Gasteiger partial charge in [-0.25, -0.2) is 4.68 Å². The fourth-order valence-electron chi connectivity index (χ4n) is 3.67. The molecule has 6 heteroatoms. The molecule has 32 heavy (non-hydrogen) atoms. The maximum Gasteiger partial charge on any atom is 0.267 e. The highest BCUT2D eigenvalue weighted by molar-refractivity contribution is 5.75. The van der Waals surface area contributed by atoms with E-state index < -0.39 is 0 Å². The number of carbonyl (C=O) groups is 1. The van der Waals surface area contributed by atoms with Crippen LogP contribution in [0.2, 0.25) is 0 Å². The number of nitrogens with one attached hydrogen (secondary N) is 1. The van der Waals surface area contributed by atoms with E-state index in [9.17, 15) is 9.59 Å². The molecule has 160 valence electrons. The highest BCUT2D eigenvalue weighted by Gasteiger charge is 2.14. The Labute approximate surface area is 186 Å². The Morgan fingerprint density at radius 2 is 1.56 bits per heavy atom. The van der Waals surface area contributed by atoms with Gasteiger partial charge in [0, 0.05) is 36.5 Å². The summed E-state index contributed by atoms with van der Waals surface area (Å²) in [5.41, 5.74) is 3.47. The maximum absolute atomic E-state index is 12.5. The van der Waals surface area contributed by atoms with Gasteiger partial charge >= 0.3 is 0 Å². The Kier molecular flexibility index (Phi) is 6.82. The lowest BCUT2D eigenvalue weighted by Crippen LogP contribution is -2.34. The first-order valence-corrected chi connectivity index (χ1v) is 10.6. The summed E-state index contributed by atoms with van der Waals surface area (Å²) in [7, 11) is 0. The Morgan fingerprint density at radius 1 is 0.875 bits per heavy atom. The van der Waals surface area contributed by atoms with E-state index in [1.165, 1.54) is 21.9 Å².